The summed E-state index contributed by atoms with van der Waals surface area (Å²) >= 11 is 1.79. The van der Waals surface area contributed by atoms with Crippen LogP contribution < -0.4 is 10.2 Å². The van der Waals surface area contributed by atoms with Crippen LogP contribution in [0.4, 0.5) is 5.13 Å². The van der Waals surface area contributed by atoms with Crippen LogP contribution in [0.2, 0.25) is 0 Å². The van der Waals surface area contributed by atoms with Gasteiger partial charge in [0.15, 0.2) is 5.13 Å². The first-order valence-corrected chi connectivity index (χ1v) is 7.99. The van der Waals surface area contributed by atoms with Gasteiger partial charge in [-0.3, -0.25) is 0 Å². The van der Waals surface area contributed by atoms with Crippen molar-refractivity contribution in [1.29, 1.82) is 0 Å². The molecule has 0 spiro atoms. The van der Waals surface area contributed by atoms with E-state index >= 15 is 0 Å². The monoisotopic (exact) mass is 285 g/mol. The molecule has 1 aromatic heterocycles. The molecule has 1 N–H and O–H groups in total. The predicted molar refractivity (Wildman–Crippen MR) is 83.1 cm³/mol. The van der Waals surface area contributed by atoms with Crippen LogP contribution >= 0.6 is 11.3 Å². The lowest BCUT2D eigenvalue weighted by atomic mass is 10.1. The first kappa shape index (κ1) is 16.4. The molecule has 1 aromatic rings. The Kier molecular flexibility index (Phi) is 8.02. The summed E-state index contributed by atoms with van der Waals surface area (Å²) in [6.07, 6.45) is 4.27. The second-order valence-electron chi connectivity index (χ2n) is 4.55. The Morgan fingerprint density at radius 3 is 2.68 bits per heavy atom. The molecular formula is C14H27N3OS. The van der Waals surface area contributed by atoms with Gasteiger partial charge >= 0.3 is 0 Å². The molecule has 1 rings (SSSR count). The van der Waals surface area contributed by atoms with Gasteiger partial charge in [-0.25, -0.2) is 4.98 Å². The molecule has 0 saturated heterocycles. The highest BCUT2D eigenvalue weighted by Crippen LogP contribution is 2.26. The number of hydrogen-bond acceptors (Lipinski definition) is 5. The number of ether oxygens (including phenoxy) is 1. The number of nitrogens with one attached hydrogen (secondary N) is 1. The standard InChI is InChI=1S/C14H27N3OS/c1-5-12(6-2)17(8-9-18-4)14-16-11-13(19-14)10-15-7-3/h11-12,15H,5-10H2,1-4H3. The zero-order valence-corrected chi connectivity index (χ0v) is 13.4. The summed E-state index contributed by atoms with van der Waals surface area (Å²) in [6, 6.07) is 0.549. The molecule has 0 atom stereocenters. The van der Waals surface area contributed by atoms with E-state index in [4.69, 9.17) is 4.74 Å². The average Bonchev–Trinajstić information content (AvgIpc) is 2.89. The van der Waals surface area contributed by atoms with E-state index in [1.54, 1.807) is 18.4 Å². The van der Waals surface area contributed by atoms with Crippen molar-refractivity contribution in [3.8, 4) is 0 Å². The second kappa shape index (κ2) is 9.28. The molecule has 0 aliphatic rings. The first-order valence-electron chi connectivity index (χ1n) is 7.17. The summed E-state index contributed by atoms with van der Waals surface area (Å²) in [5.41, 5.74) is 0. The number of anilines is 1. The zero-order valence-electron chi connectivity index (χ0n) is 12.6. The number of thiazole rings is 1. The van der Waals surface area contributed by atoms with Crippen molar-refractivity contribution in [3.05, 3.63) is 11.1 Å². The van der Waals surface area contributed by atoms with Gasteiger partial charge in [-0.1, -0.05) is 20.8 Å². The molecule has 0 radical (unpaired) electrons. The van der Waals surface area contributed by atoms with E-state index in [1.807, 2.05) is 6.20 Å². The second-order valence-corrected chi connectivity index (χ2v) is 5.64. The first-order chi connectivity index (χ1) is 9.26. The lowest BCUT2D eigenvalue weighted by molar-refractivity contribution is 0.202. The maximum atomic E-state index is 5.23. The Morgan fingerprint density at radius 2 is 2.11 bits per heavy atom. The molecule has 0 fully saturated rings. The number of aromatic nitrogens is 1. The molecule has 5 heteroatoms. The molecule has 0 aliphatic carbocycles. The van der Waals surface area contributed by atoms with Crippen LogP contribution in [-0.2, 0) is 11.3 Å². The average molecular weight is 285 g/mol. The molecule has 0 aliphatic heterocycles. The molecule has 1 heterocycles. The summed E-state index contributed by atoms with van der Waals surface area (Å²) < 4.78 is 5.23. The van der Waals surface area contributed by atoms with Crippen molar-refractivity contribution >= 4 is 16.5 Å². The van der Waals surface area contributed by atoms with Gasteiger partial charge in [0.25, 0.3) is 0 Å². The number of hydrogen-bond donors (Lipinski definition) is 1. The van der Waals surface area contributed by atoms with E-state index in [1.165, 1.54) is 4.88 Å². The minimum Gasteiger partial charge on any atom is -0.383 e. The van der Waals surface area contributed by atoms with E-state index in [0.717, 1.165) is 44.2 Å². The van der Waals surface area contributed by atoms with E-state index in [9.17, 15) is 0 Å². The van der Waals surface area contributed by atoms with Crippen LogP contribution in [0.3, 0.4) is 0 Å². The van der Waals surface area contributed by atoms with Crippen LogP contribution in [0.5, 0.6) is 0 Å². The fourth-order valence-corrected chi connectivity index (χ4v) is 3.09. The predicted octanol–water partition coefficient (Wildman–Crippen LogP) is 2.89. The molecule has 19 heavy (non-hydrogen) atoms. The van der Waals surface area contributed by atoms with Gasteiger partial charge in [-0.2, -0.15) is 0 Å². The van der Waals surface area contributed by atoms with Gasteiger partial charge in [0.2, 0.25) is 0 Å². The van der Waals surface area contributed by atoms with Gasteiger partial charge < -0.3 is 15.0 Å². The van der Waals surface area contributed by atoms with E-state index in [-0.39, 0.29) is 0 Å². The molecule has 0 unspecified atom stereocenters. The van der Waals surface area contributed by atoms with Crippen LogP contribution in [-0.4, -0.2) is 37.8 Å². The Hall–Kier alpha value is -0.650. The lowest BCUT2D eigenvalue weighted by Crippen LogP contribution is -2.37. The van der Waals surface area contributed by atoms with E-state index in [0.29, 0.717) is 6.04 Å². The van der Waals surface area contributed by atoms with Crippen LogP contribution in [0.25, 0.3) is 0 Å². The number of nitrogens with zero attached hydrogens (tertiary/aromatic N) is 2. The van der Waals surface area contributed by atoms with Gasteiger partial charge in [0, 0.05) is 37.3 Å². The van der Waals surface area contributed by atoms with Crippen molar-refractivity contribution < 1.29 is 4.74 Å². The van der Waals surface area contributed by atoms with Crippen molar-refractivity contribution in [2.45, 2.75) is 46.2 Å². The largest absolute Gasteiger partial charge is 0.383 e. The summed E-state index contributed by atoms with van der Waals surface area (Å²) in [4.78, 5) is 8.28. The molecule has 0 saturated carbocycles. The van der Waals surface area contributed by atoms with Crippen molar-refractivity contribution in [2.24, 2.45) is 0 Å². The third kappa shape index (κ3) is 5.09. The van der Waals surface area contributed by atoms with Crippen molar-refractivity contribution in [3.63, 3.8) is 0 Å². The van der Waals surface area contributed by atoms with Crippen molar-refractivity contribution in [1.82, 2.24) is 10.3 Å². The molecular weight excluding hydrogens is 258 g/mol. The maximum absolute atomic E-state index is 5.23. The summed E-state index contributed by atoms with van der Waals surface area (Å²) in [6.45, 7) is 10.2. The molecule has 4 nitrogen and oxygen atoms in total. The van der Waals surface area contributed by atoms with Gasteiger partial charge in [0.05, 0.1) is 6.61 Å². The Balaban J connectivity index is 2.74. The van der Waals surface area contributed by atoms with Crippen LogP contribution in [0.15, 0.2) is 6.20 Å². The highest BCUT2D eigenvalue weighted by molar-refractivity contribution is 7.15. The topological polar surface area (TPSA) is 37.4 Å². The normalized spacial score (nSPS) is 11.2. The van der Waals surface area contributed by atoms with E-state index < -0.39 is 0 Å². The van der Waals surface area contributed by atoms with E-state index in [2.05, 4.69) is 36.0 Å². The SMILES string of the molecule is CCNCc1cnc(N(CCOC)C(CC)CC)s1. The number of methoxy groups -OCH3 is 1. The molecule has 0 amide bonds. The Bertz CT molecular complexity index is 339. The highest BCUT2D eigenvalue weighted by atomic mass is 32.1. The van der Waals surface area contributed by atoms with Crippen LogP contribution in [0, 0.1) is 0 Å². The minimum absolute atomic E-state index is 0.549. The lowest BCUT2D eigenvalue weighted by Gasteiger charge is -2.29. The third-order valence-corrected chi connectivity index (χ3v) is 4.29. The maximum Gasteiger partial charge on any atom is 0.185 e. The molecule has 0 bridgehead atoms. The Morgan fingerprint density at radius 1 is 1.37 bits per heavy atom. The summed E-state index contributed by atoms with van der Waals surface area (Å²) in [5, 5.41) is 4.47. The quantitative estimate of drug-likeness (QED) is 0.717. The van der Waals surface area contributed by atoms with Gasteiger partial charge in [0.1, 0.15) is 0 Å². The summed E-state index contributed by atoms with van der Waals surface area (Å²) in [7, 11) is 1.75. The smallest absolute Gasteiger partial charge is 0.185 e. The van der Waals surface area contributed by atoms with Crippen LogP contribution in [0.1, 0.15) is 38.5 Å². The highest BCUT2D eigenvalue weighted by Gasteiger charge is 2.18. The fraction of sp³-hybridized carbons (Fsp3) is 0.786. The zero-order chi connectivity index (χ0) is 14.1. The fourth-order valence-electron chi connectivity index (χ4n) is 2.11. The minimum atomic E-state index is 0.549. The molecule has 0 aromatic carbocycles. The molecule has 110 valence electrons. The number of rotatable bonds is 10. The Labute approximate surface area is 121 Å². The van der Waals surface area contributed by atoms with Crippen molar-refractivity contribution in [2.75, 3.05) is 31.7 Å². The van der Waals surface area contributed by atoms with Gasteiger partial charge in [-0.05, 0) is 19.4 Å². The van der Waals surface area contributed by atoms with Gasteiger partial charge in [-0.15, -0.1) is 11.3 Å². The summed E-state index contributed by atoms with van der Waals surface area (Å²) in [5.74, 6) is 0. The third-order valence-electron chi connectivity index (χ3n) is 3.26.